The molecule has 20 heavy (non-hydrogen) atoms. The van der Waals surface area contributed by atoms with Crippen LogP contribution in [0.3, 0.4) is 0 Å². The number of thioether (sulfide) groups is 1. The maximum absolute atomic E-state index is 12.0. The predicted molar refractivity (Wildman–Crippen MR) is 82.4 cm³/mol. The van der Waals surface area contributed by atoms with Crippen LogP contribution in [0.2, 0.25) is 0 Å². The number of amidine groups is 1. The van der Waals surface area contributed by atoms with Crippen LogP contribution in [0.15, 0.2) is 34.2 Å². The number of nitrogens with two attached hydrogens (primary N) is 1. The first-order valence-corrected chi connectivity index (χ1v) is 7.70. The lowest BCUT2D eigenvalue weighted by atomic mass is 10.1. The molecule has 2 N–H and O–H groups in total. The first-order chi connectivity index (χ1) is 9.72. The maximum atomic E-state index is 12.0. The summed E-state index contributed by atoms with van der Waals surface area (Å²) < 4.78 is 0. The van der Waals surface area contributed by atoms with Gasteiger partial charge in [0.05, 0.1) is 31.1 Å². The molecule has 1 fully saturated rings. The Hall–Kier alpha value is -1.59. The highest BCUT2D eigenvalue weighted by atomic mass is 32.2. The Morgan fingerprint density at radius 2 is 1.95 bits per heavy atom. The number of carbonyl (C=O) groups is 1. The van der Waals surface area contributed by atoms with E-state index in [1.165, 1.54) is 17.3 Å². The van der Waals surface area contributed by atoms with Crippen molar-refractivity contribution in [1.82, 2.24) is 4.90 Å². The standard InChI is InChI=1S/C15H17N3OS/c1-11-2-4-12(5-3-11)10-13-14(19)17-15(20-13)18-8-6-16-7-9-18/h2-5,10,16H,6-9H2,1H3/p+1/b13-10+. The monoisotopic (exact) mass is 288 g/mol. The molecule has 3 rings (SSSR count). The summed E-state index contributed by atoms with van der Waals surface area (Å²) in [7, 11) is 0. The van der Waals surface area contributed by atoms with Gasteiger partial charge in [-0.2, -0.15) is 4.99 Å². The molecule has 1 amide bonds. The van der Waals surface area contributed by atoms with E-state index in [0.29, 0.717) is 0 Å². The van der Waals surface area contributed by atoms with Crippen molar-refractivity contribution in [3.63, 3.8) is 0 Å². The molecule has 1 aromatic carbocycles. The first kappa shape index (κ1) is 13.4. The molecule has 0 bridgehead atoms. The molecule has 2 aliphatic rings. The van der Waals surface area contributed by atoms with Crippen molar-refractivity contribution >= 4 is 28.9 Å². The molecule has 1 saturated heterocycles. The zero-order valence-electron chi connectivity index (χ0n) is 11.5. The molecule has 1 aromatic rings. The minimum atomic E-state index is -0.111. The highest BCUT2D eigenvalue weighted by Gasteiger charge is 2.27. The van der Waals surface area contributed by atoms with E-state index in [1.807, 2.05) is 18.2 Å². The van der Waals surface area contributed by atoms with Crippen molar-refractivity contribution in [1.29, 1.82) is 0 Å². The van der Waals surface area contributed by atoms with E-state index in [9.17, 15) is 4.79 Å². The summed E-state index contributed by atoms with van der Waals surface area (Å²) in [5.41, 5.74) is 2.27. The third kappa shape index (κ3) is 2.94. The van der Waals surface area contributed by atoms with Gasteiger partial charge in [0.25, 0.3) is 5.91 Å². The van der Waals surface area contributed by atoms with Crippen LogP contribution in [-0.2, 0) is 4.79 Å². The Morgan fingerprint density at radius 1 is 1.25 bits per heavy atom. The Labute approximate surface area is 123 Å². The van der Waals surface area contributed by atoms with E-state index in [0.717, 1.165) is 41.8 Å². The average molecular weight is 288 g/mol. The summed E-state index contributed by atoms with van der Waals surface area (Å²) >= 11 is 1.50. The van der Waals surface area contributed by atoms with E-state index in [1.54, 1.807) is 0 Å². The fourth-order valence-corrected chi connectivity index (χ4v) is 3.25. The number of carbonyl (C=O) groups excluding carboxylic acids is 1. The van der Waals surface area contributed by atoms with Gasteiger partial charge in [0, 0.05) is 0 Å². The van der Waals surface area contributed by atoms with Crippen LogP contribution in [0, 0.1) is 6.92 Å². The molecule has 104 valence electrons. The minimum absolute atomic E-state index is 0.111. The summed E-state index contributed by atoms with van der Waals surface area (Å²) in [6, 6.07) is 8.17. The summed E-state index contributed by atoms with van der Waals surface area (Å²) in [6.07, 6.45) is 1.93. The smallest absolute Gasteiger partial charge is 0.286 e. The number of aryl methyl sites for hydroxylation is 1. The number of piperazine rings is 1. The van der Waals surface area contributed by atoms with Crippen LogP contribution >= 0.6 is 11.8 Å². The lowest BCUT2D eigenvalue weighted by Gasteiger charge is -2.25. The molecule has 0 aliphatic carbocycles. The number of benzene rings is 1. The third-order valence-electron chi connectivity index (χ3n) is 3.46. The summed E-state index contributed by atoms with van der Waals surface area (Å²) in [5.74, 6) is -0.111. The Kier molecular flexibility index (Phi) is 3.89. The van der Waals surface area contributed by atoms with E-state index >= 15 is 0 Å². The molecule has 2 aliphatic heterocycles. The second kappa shape index (κ2) is 5.81. The maximum Gasteiger partial charge on any atom is 0.286 e. The number of quaternary nitrogens is 1. The molecular weight excluding hydrogens is 270 g/mol. The first-order valence-electron chi connectivity index (χ1n) is 6.88. The minimum Gasteiger partial charge on any atom is -0.343 e. The molecule has 0 saturated carbocycles. The van der Waals surface area contributed by atoms with Gasteiger partial charge in [-0.25, -0.2) is 0 Å². The van der Waals surface area contributed by atoms with Crippen LogP contribution in [0.25, 0.3) is 6.08 Å². The van der Waals surface area contributed by atoms with Crippen molar-refractivity contribution in [2.45, 2.75) is 6.92 Å². The van der Waals surface area contributed by atoms with Gasteiger partial charge in [-0.15, -0.1) is 0 Å². The molecular formula is C15H18N3OS+. The third-order valence-corrected chi connectivity index (χ3v) is 4.51. The van der Waals surface area contributed by atoms with Crippen molar-refractivity contribution < 1.29 is 10.1 Å². The zero-order valence-corrected chi connectivity index (χ0v) is 12.3. The molecule has 0 aromatic heterocycles. The van der Waals surface area contributed by atoms with Gasteiger partial charge in [-0.1, -0.05) is 29.8 Å². The normalized spacial score (nSPS) is 21.4. The molecule has 0 radical (unpaired) electrons. The van der Waals surface area contributed by atoms with Crippen molar-refractivity contribution in [3.05, 3.63) is 40.3 Å². The highest BCUT2D eigenvalue weighted by molar-refractivity contribution is 8.18. The summed E-state index contributed by atoms with van der Waals surface area (Å²) in [5, 5.41) is 3.16. The van der Waals surface area contributed by atoms with Gasteiger partial charge in [0.1, 0.15) is 0 Å². The van der Waals surface area contributed by atoms with E-state index < -0.39 is 0 Å². The second-order valence-electron chi connectivity index (χ2n) is 5.07. The molecule has 5 heteroatoms. The van der Waals surface area contributed by atoms with Gasteiger partial charge in [0.2, 0.25) is 0 Å². The Morgan fingerprint density at radius 3 is 2.65 bits per heavy atom. The van der Waals surface area contributed by atoms with Crippen LogP contribution in [0.1, 0.15) is 11.1 Å². The predicted octanol–water partition coefficient (Wildman–Crippen LogP) is 0.844. The van der Waals surface area contributed by atoms with Gasteiger partial charge >= 0.3 is 0 Å². The number of nitrogens with zero attached hydrogens (tertiary/aromatic N) is 2. The fourth-order valence-electron chi connectivity index (χ4n) is 2.29. The van der Waals surface area contributed by atoms with Gasteiger partial charge in [0.15, 0.2) is 5.17 Å². The van der Waals surface area contributed by atoms with Crippen molar-refractivity contribution in [2.24, 2.45) is 4.99 Å². The van der Waals surface area contributed by atoms with Crippen molar-refractivity contribution in [3.8, 4) is 0 Å². The fraction of sp³-hybridized carbons (Fsp3) is 0.333. The number of hydrogen-bond donors (Lipinski definition) is 1. The van der Waals surface area contributed by atoms with Gasteiger partial charge in [-0.3, -0.25) is 4.79 Å². The van der Waals surface area contributed by atoms with Crippen LogP contribution in [-0.4, -0.2) is 42.2 Å². The zero-order chi connectivity index (χ0) is 13.9. The number of hydrogen-bond acceptors (Lipinski definition) is 3. The van der Waals surface area contributed by atoms with E-state index in [-0.39, 0.29) is 5.91 Å². The summed E-state index contributed by atoms with van der Waals surface area (Å²) in [4.78, 5) is 19.1. The lowest BCUT2D eigenvalue weighted by molar-refractivity contribution is -0.661. The number of aliphatic imine (C=N–C) groups is 1. The Bertz CT molecular complexity index is 571. The average Bonchev–Trinajstić information content (AvgIpc) is 2.84. The molecule has 0 atom stereocenters. The SMILES string of the molecule is Cc1ccc(/C=C2/SC(N3CC[NH2+]CC3)=NC2=O)cc1. The van der Waals surface area contributed by atoms with Gasteiger partial charge < -0.3 is 10.2 Å². The second-order valence-corrected chi connectivity index (χ2v) is 6.08. The highest BCUT2D eigenvalue weighted by Crippen LogP contribution is 2.30. The van der Waals surface area contributed by atoms with Crippen molar-refractivity contribution in [2.75, 3.05) is 26.2 Å². The van der Waals surface area contributed by atoms with Crippen LogP contribution in [0.5, 0.6) is 0 Å². The quantitative estimate of drug-likeness (QED) is 0.779. The van der Waals surface area contributed by atoms with E-state index in [2.05, 4.69) is 34.3 Å². The number of amides is 1. The topological polar surface area (TPSA) is 49.3 Å². The summed E-state index contributed by atoms with van der Waals surface area (Å²) in [6.45, 7) is 6.14. The Balaban J connectivity index is 1.74. The van der Waals surface area contributed by atoms with E-state index in [4.69, 9.17) is 0 Å². The largest absolute Gasteiger partial charge is 0.343 e. The lowest BCUT2D eigenvalue weighted by Crippen LogP contribution is -2.89. The van der Waals surface area contributed by atoms with Crippen LogP contribution < -0.4 is 5.32 Å². The number of rotatable bonds is 1. The molecule has 4 nitrogen and oxygen atoms in total. The molecule has 0 spiro atoms. The molecule has 2 heterocycles. The van der Waals surface area contributed by atoms with Crippen LogP contribution in [0.4, 0.5) is 0 Å². The van der Waals surface area contributed by atoms with Gasteiger partial charge in [-0.05, 0) is 30.3 Å². The molecule has 0 unspecified atom stereocenters.